The molecule has 0 amide bonds. The molecule has 1 aliphatic heterocycles. The highest BCUT2D eigenvalue weighted by molar-refractivity contribution is 7.30. The lowest BCUT2D eigenvalue weighted by Gasteiger charge is -2.02. The van der Waals surface area contributed by atoms with Crippen LogP contribution in [0.25, 0.3) is 54.4 Å². The van der Waals surface area contributed by atoms with Crippen LogP contribution in [0.3, 0.4) is 0 Å². The highest BCUT2D eigenvalue weighted by Crippen LogP contribution is 2.21. The molecule has 0 spiro atoms. The smallest absolute Gasteiger partial charge is 0.148 e. The van der Waals surface area contributed by atoms with Crippen molar-refractivity contribution in [1.82, 2.24) is 95.2 Å². The van der Waals surface area contributed by atoms with Crippen molar-refractivity contribution in [2.24, 2.45) is 0 Å². The molecule has 19 nitrogen and oxygen atoms in total. The van der Waals surface area contributed by atoms with Crippen molar-refractivity contribution in [2.75, 3.05) is 0 Å². The molecule has 0 bridgehead atoms. The molecule has 13 heterocycles. The normalized spacial score (nSPS) is 10.5. The van der Waals surface area contributed by atoms with Gasteiger partial charge in [0.2, 0.25) is 0 Å². The van der Waals surface area contributed by atoms with Gasteiger partial charge in [0.1, 0.15) is 23.8 Å². The molecule has 0 atom stereocenters. The first kappa shape index (κ1) is 99.5. The van der Waals surface area contributed by atoms with Gasteiger partial charge in [0, 0.05) is 116 Å². The van der Waals surface area contributed by atoms with Crippen LogP contribution in [-0.4, -0.2) is 109 Å². The van der Waals surface area contributed by atoms with Crippen LogP contribution in [-0.2, 0) is 0 Å². The molecule has 0 saturated carbocycles. The molecule has 0 saturated heterocycles. The molecular weight excluding hydrogens is 1560 g/mol. The van der Waals surface area contributed by atoms with Crippen molar-refractivity contribution < 1.29 is 0 Å². The number of allylic oxidation sites excluding steroid dienone is 3. The molecule has 124 heavy (non-hydrogen) atoms. The zero-order chi connectivity index (χ0) is 90.6. The Morgan fingerprint density at radius 3 is 1.23 bits per heavy atom. The maximum absolute atomic E-state index is 4.42. The van der Waals surface area contributed by atoms with Crippen molar-refractivity contribution >= 4 is 76.9 Å². The minimum absolute atomic E-state index is 0.727. The van der Waals surface area contributed by atoms with E-state index in [1.807, 2.05) is 216 Å². The van der Waals surface area contributed by atoms with Crippen LogP contribution in [0, 0.1) is 166 Å². The summed E-state index contributed by atoms with van der Waals surface area (Å²) < 4.78 is 0. The average Bonchev–Trinajstić information content (AvgIpc) is 0.810. The highest BCUT2D eigenvalue weighted by atomic mass is 31.0. The van der Waals surface area contributed by atoms with Crippen molar-refractivity contribution in [3.63, 3.8) is 0 Å². The summed E-state index contributed by atoms with van der Waals surface area (Å²) in [6.45, 7) is 52.1. The van der Waals surface area contributed by atoms with Crippen LogP contribution < -0.4 is 0 Å². The monoisotopic (exact) mass is 1680 g/mol. The Bertz CT molecular complexity index is 5350. The summed E-state index contributed by atoms with van der Waals surface area (Å²) in [4.78, 5) is 61.8. The van der Waals surface area contributed by atoms with Crippen LogP contribution in [0.1, 0.15) is 150 Å². The predicted molar refractivity (Wildman–Crippen MR) is 518 cm³/mol. The van der Waals surface area contributed by atoms with E-state index < -0.39 is 0 Å². The second kappa shape index (κ2) is 52.8. The van der Waals surface area contributed by atoms with E-state index in [-0.39, 0.29) is 0 Å². The molecule has 12 aromatic heterocycles. The largest absolute Gasteiger partial charge is 0.264 e. The molecular formula is C103H119N19PSi. The Labute approximate surface area is 738 Å². The lowest BCUT2D eigenvalue weighted by atomic mass is 10.1. The van der Waals surface area contributed by atoms with Crippen molar-refractivity contribution in [3.8, 4) is 0 Å². The maximum Gasteiger partial charge on any atom is 0.148 e. The quantitative estimate of drug-likeness (QED) is 0.128. The van der Waals surface area contributed by atoms with E-state index in [1.165, 1.54) is 90.1 Å². The molecule has 5 aromatic carbocycles. The van der Waals surface area contributed by atoms with E-state index in [2.05, 4.69) is 271 Å². The number of pyridine rings is 4. The standard InChI is InChI=1S/2C11H11N.3C10H10N2.2C7H9N.C7H9P.C7H9Si.3C6H8N2.C5H7N3/c1-8-3-6-11-10(7-8)5-4-9(2)12-11;1-8-7-12-9(2)11-6-4-3-5-10(8)11;1-7-3-4-10-9(5-7)6-11-8(2)12-10;1-7-3-4-9-10(5-7)11-6-8(2)12-9;1-7-9-5-3-4-6-10(9)8(2)12-11-7;1-6-3-7(2)5-8-4-6;1-6-4-3-5-7(2)8-6;2*1-6-3-4-7(2)8-5-6;1-5-3-7-4-6(2)8-5;1-5-3-6(2)8-4-7-5;1-5-3-4-7-6(2)8-5;1-4-3-6-8-5(2)7-4/h2*3-7H,1-2H3;3*3-6H,1-2H3;4*3-5H,1-2H3;3*3-4H,1-2H3;3H,1-2H3. The third-order valence-electron chi connectivity index (χ3n) is 17.6. The van der Waals surface area contributed by atoms with Crippen LogP contribution in [0.5, 0.6) is 0 Å². The Balaban J connectivity index is 0.000000209. The summed E-state index contributed by atoms with van der Waals surface area (Å²) in [7, 11) is 2.28. The molecule has 635 valence electrons. The van der Waals surface area contributed by atoms with Gasteiger partial charge < -0.3 is 0 Å². The second-order valence-electron chi connectivity index (χ2n) is 30.1. The van der Waals surface area contributed by atoms with E-state index >= 15 is 0 Å². The number of rotatable bonds is 0. The van der Waals surface area contributed by atoms with Crippen LogP contribution in [0.2, 0.25) is 0 Å². The zero-order valence-electron chi connectivity index (χ0n) is 77.1. The molecule has 0 unspecified atom stereocenters. The Kier molecular flexibility index (Phi) is 42.4. The van der Waals surface area contributed by atoms with E-state index in [0.717, 1.165) is 128 Å². The third-order valence-corrected chi connectivity index (χ3v) is 20.0. The van der Waals surface area contributed by atoms with E-state index in [9.17, 15) is 0 Å². The molecule has 1 aliphatic rings. The van der Waals surface area contributed by atoms with Gasteiger partial charge in [-0.25, -0.2) is 39.9 Å². The zero-order valence-corrected chi connectivity index (χ0v) is 79.0. The first-order valence-corrected chi connectivity index (χ1v) is 43.0. The Morgan fingerprint density at radius 2 is 0.774 bits per heavy atom. The number of aryl methyl sites for hydroxylation is 24. The van der Waals surface area contributed by atoms with Crippen molar-refractivity contribution in [3.05, 3.63) is 391 Å². The predicted octanol–water partition coefficient (Wildman–Crippen LogP) is 23.8. The first-order chi connectivity index (χ1) is 59.1. The maximum atomic E-state index is 4.42. The van der Waals surface area contributed by atoms with E-state index in [4.69, 9.17) is 0 Å². The minimum atomic E-state index is 0.727. The number of nitrogens with zero attached hydrogens (tertiary/aromatic N) is 19. The summed E-state index contributed by atoms with van der Waals surface area (Å²) in [5.41, 5.74) is 29.8. The fourth-order valence-electron chi connectivity index (χ4n) is 11.4. The average molecular weight is 1680 g/mol. The molecule has 18 rings (SSSR count). The van der Waals surface area contributed by atoms with Gasteiger partial charge in [-0.15, -0.1) is 5.10 Å². The lowest BCUT2D eigenvalue weighted by Crippen LogP contribution is -1.95. The van der Waals surface area contributed by atoms with E-state index in [1.54, 1.807) is 37.3 Å². The van der Waals surface area contributed by atoms with Crippen LogP contribution in [0.15, 0.2) is 255 Å². The van der Waals surface area contributed by atoms with Gasteiger partial charge in [-0.3, -0.25) is 34.9 Å². The lowest BCUT2D eigenvalue weighted by molar-refractivity contribution is 0.882. The fraction of sp³-hybridized carbons (Fsp3) is 0.252. The number of benzene rings is 5. The summed E-state index contributed by atoms with van der Waals surface area (Å²) in [6.07, 6.45) is 22.1. The molecule has 0 aliphatic carbocycles. The van der Waals surface area contributed by atoms with Gasteiger partial charge in [0.15, 0.2) is 0 Å². The van der Waals surface area contributed by atoms with Crippen molar-refractivity contribution in [2.45, 2.75) is 180 Å². The number of hydrogen-bond acceptors (Lipinski definition) is 19. The molecule has 1 radical (unpaired) electrons. The molecule has 0 fully saturated rings. The Morgan fingerprint density at radius 1 is 0.274 bits per heavy atom. The van der Waals surface area contributed by atoms with Gasteiger partial charge >= 0.3 is 0 Å². The first-order valence-electron chi connectivity index (χ1n) is 40.9. The van der Waals surface area contributed by atoms with Gasteiger partial charge in [0.05, 0.1) is 71.6 Å². The highest BCUT2D eigenvalue weighted by Gasteiger charge is 2.03. The molecule has 0 N–H and O–H groups in total. The number of fused-ring (bicyclic) bond motifs is 5. The van der Waals surface area contributed by atoms with Gasteiger partial charge in [-0.1, -0.05) is 145 Å². The van der Waals surface area contributed by atoms with Gasteiger partial charge in [-0.05, 0) is 291 Å². The summed E-state index contributed by atoms with van der Waals surface area (Å²) in [5.74, 6) is 4.61. The van der Waals surface area contributed by atoms with Crippen LogP contribution in [0.4, 0.5) is 0 Å². The van der Waals surface area contributed by atoms with E-state index in [0.29, 0.717) is 0 Å². The summed E-state index contributed by atoms with van der Waals surface area (Å²) in [6, 6.07) is 55.6. The third kappa shape index (κ3) is 38.6. The Hall–Kier alpha value is -13.3. The topological polar surface area (TPSA) is 245 Å². The SMILES string of the molecule is CC1=C[Si]=C(C)C=C1.Cc1cc(C)ncn1.Cc1ccc(C)pc1.Cc1ccc2nc(C)ccc2c1.Cc1ccc2nc(C)cnc2c1.Cc1ccc2nc(C)ncc2c1.Cc1cccc(C)n1.Cc1ccnc(C)n1.Cc1cnc(C)c2ccccc12.Cc1cncc(C)c1.Cc1cncc(C)n1.Cc1cnnc(C)n1.Cc1nnc(C)c2ccccc12. The fourth-order valence-corrected chi connectivity index (χ4v) is 12.8. The number of hydrogen-bond donors (Lipinski definition) is 0. The second-order valence-corrected chi connectivity index (χ2v) is 32.7. The van der Waals surface area contributed by atoms with Crippen molar-refractivity contribution in [1.29, 1.82) is 0 Å². The molecule has 17 aromatic rings. The minimum Gasteiger partial charge on any atom is -0.264 e. The molecule has 21 heteroatoms. The summed E-state index contributed by atoms with van der Waals surface area (Å²) >= 11 is 0. The van der Waals surface area contributed by atoms with Crippen LogP contribution >= 0.6 is 8.19 Å². The number of aromatic nitrogens is 19. The van der Waals surface area contributed by atoms with Gasteiger partial charge in [-0.2, -0.15) is 15.3 Å². The summed E-state index contributed by atoms with van der Waals surface area (Å²) in [5, 5.41) is 25.7. The van der Waals surface area contributed by atoms with Gasteiger partial charge in [0.25, 0.3) is 0 Å².